The van der Waals surface area contributed by atoms with Crippen molar-refractivity contribution >= 4 is 17.4 Å². The second kappa shape index (κ2) is 7.13. The highest BCUT2D eigenvalue weighted by Gasteiger charge is 2.13. The Morgan fingerprint density at radius 3 is 2.79 bits per heavy atom. The molecule has 0 aromatic heterocycles. The number of likely N-dealkylation sites (N-methyl/N-ethyl adjacent to an activating group) is 1. The zero-order valence-corrected chi connectivity index (χ0v) is 12.1. The number of carbonyl (C=O) groups excluding carboxylic acids is 1. The summed E-state index contributed by atoms with van der Waals surface area (Å²) in [5, 5.41) is 9.15. The largest absolute Gasteiger partial charge is 0.495 e. The number of benzene rings is 1. The summed E-state index contributed by atoms with van der Waals surface area (Å²) in [5.74, 6) is 0.416. The number of rotatable bonds is 6. The molecule has 0 aliphatic rings. The molecule has 0 saturated carbocycles. The zero-order chi connectivity index (χ0) is 14.4. The van der Waals surface area contributed by atoms with Gasteiger partial charge in [-0.1, -0.05) is 11.6 Å². The monoisotopic (exact) mass is 280 g/mol. The summed E-state index contributed by atoms with van der Waals surface area (Å²) in [6.45, 7) is 2.64. The summed E-state index contributed by atoms with van der Waals surface area (Å²) < 4.78 is 5.04. The van der Waals surface area contributed by atoms with Gasteiger partial charge in [0, 0.05) is 12.1 Å². The number of nitrogens with zero attached hydrogens (tertiary/aromatic N) is 2. The van der Waals surface area contributed by atoms with Crippen molar-refractivity contribution in [3.8, 4) is 11.8 Å². The van der Waals surface area contributed by atoms with Crippen molar-refractivity contribution < 1.29 is 9.53 Å². The standard InChI is InChI=1S/C14H17ClN2O2/c1-10(7-16)8-17(2)9-13(18)11-4-5-14(19-3)12(15)6-11/h4-6,10H,8-9H2,1-3H3. The summed E-state index contributed by atoms with van der Waals surface area (Å²) in [7, 11) is 3.34. The van der Waals surface area contributed by atoms with Gasteiger partial charge in [0.25, 0.3) is 0 Å². The third kappa shape index (κ3) is 4.55. The molecule has 0 amide bonds. The molecule has 1 atom stereocenters. The molecule has 102 valence electrons. The zero-order valence-electron chi connectivity index (χ0n) is 11.3. The summed E-state index contributed by atoms with van der Waals surface area (Å²) in [6, 6.07) is 7.11. The van der Waals surface area contributed by atoms with E-state index < -0.39 is 0 Å². The number of nitriles is 1. The minimum atomic E-state index is -0.0998. The lowest BCUT2D eigenvalue weighted by atomic mass is 10.1. The SMILES string of the molecule is COc1ccc(C(=O)CN(C)CC(C)C#N)cc1Cl. The maximum Gasteiger partial charge on any atom is 0.176 e. The van der Waals surface area contributed by atoms with Gasteiger partial charge in [-0.2, -0.15) is 5.26 Å². The Morgan fingerprint density at radius 1 is 1.58 bits per heavy atom. The topological polar surface area (TPSA) is 53.3 Å². The van der Waals surface area contributed by atoms with Gasteiger partial charge in [0.1, 0.15) is 5.75 Å². The van der Waals surface area contributed by atoms with Gasteiger partial charge in [0.2, 0.25) is 0 Å². The van der Waals surface area contributed by atoms with E-state index in [1.807, 2.05) is 18.9 Å². The van der Waals surface area contributed by atoms with Gasteiger partial charge in [0.05, 0.1) is 30.7 Å². The molecular formula is C14H17ClN2O2. The number of Topliss-reactive ketones (excluding diaryl/α,β-unsaturated/α-hetero) is 1. The highest BCUT2D eigenvalue weighted by Crippen LogP contribution is 2.25. The molecule has 1 rings (SSSR count). The van der Waals surface area contributed by atoms with E-state index in [2.05, 4.69) is 6.07 Å². The lowest BCUT2D eigenvalue weighted by molar-refractivity contribution is 0.0942. The normalized spacial score (nSPS) is 12.0. The first-order valence-electron chi connectivity index (χ1n) is 5.92. The van der Waals surface area contributed by atoms with Crippen LogP contribution >= 0.6 is 11.6 Å². The van der Waals surface area contributed by atoms with Crippen molar-refractivity contribution in [2.45, 2.75) is 6.92 Å². The molecule has 0 heterocycles. The number of carbonyl (C=O) groups is 1. The molecule has 0 fully saturated rings. The van der Waals surface area contributed by atoms with Crippen LogP contribution < -0.4 is 4.74 Å². The summed E-state index contributed by atoms with van der Waals surface area (Å²) in [4.78, 5) is 13.9. The Hall–Kier alpha value is -1.57. The first-order chi connectivity index (χ1) is 8.97. The molecule has 0 spiro atoms. The van der Waals surface area contributed by atoms with E-state index in [9.17, 15) is 4.79 Å². The van der Waals surface area contributed by atoms with Crippen molar-refractivity contribution in [2.24, 2.45) is 5.92 Å². The second-order valence-corrected chi connectivity index (χ2v) is 4.91. The third-order valence-electron chi connectivity index (χ3n) is 2.69. The first kappa shape index (κ1) is 15.5. The fraction of sp³-hybridized carbons (Fsp3) is 0.429. The molecule has 0 saturated heterocycles. The van der Waals surface area contributed by atoms with Gasteiger partial charge in [-0.25, -0.2) is 0 Å². The fourth-order valence-electron chi connectivity index (χ4n) is 1.75. The van der Waals surface area contributed by atoms with Crippen molar-refractivity contribution in [3.05, 3.63) is 28.8 Å². The van der Waals surface area contributed by atoms with Crippen LogP contribution in [-0.2, 0) is 0 Å². The predicted octanol–water partition coefficient (Wildman–Crippen LogP) is 2.62. The van der Waals surface area contributed by atoms with Gasteiger partial charge >= 0.3 is 0 Å². The van der Waals surface area contributed by atoms with E-state index >= 15 is 0 Å². The van der Waals surface area contributed by atoms with Gasteiger partial charge < -0.3 is 4.74 Å². The average Bonchev–Trinajstić information content (AvgIpc) is 2.38. The molecule has 1 aromatic carbocycles. The summed E-state index contributed by atoms with van der Waals surface area (Å²) in [5.41, 5.74) is 0.544. The minimum absolute atomic E-state index is 0.0304. The highest BCUT2D eigenvalue weighted by molar-refractivity contribution is 6.32. The van der Waals surface area contributed by atoms with Gasteiger partial charge in [-0.3, -0.25) is 9.69 Å². The van der Waals surface area contributed by atoms with E-state index in [0.29, 0.717) is 22.9 Å². The van der Waals surface area contributed by atoms with E-state index in [1.165, 1.54) is 7.11 Å². The minimum Gasteiger partial charge on any atom is -0.495 e. The first-order valence-corrected chi connectivity index (χ1v) is 6.30. The Labute approximate surface area is 118 Å². The lowest BCUT2D eigenvalue weighted by Crippen LogP contribution is -2.29. The Morgan fingerprint density at radius 2 is 2.26 bits per heavy atom. The molecule has 4 nitrogen and oxygen atoms in total. The molecule has 0 radical (unpaired) electrons. The maximum absolute atomic E-state index is 12.1. The lowest BCUT2D eigenvalue weighted by Gasteiger charge is -2.17. The number of hydrogen-bond donors (Lipinski definition) is 0. The van der Waals surface area contributed by atoms with Gasteiger partial charge in [-0.05, 0) is 32.2 Å². The predicted molar refractivity (Wildman–Crippen MR) is 74.6 cm³/mol. The second-order valence-electron chi connectivity index (χ2n) is 4.50. The number of hydrogen-bond acceptors (Lipinski definition) is 4. The molecule has 19 heavy (non-hydrogen) atoms. The number of ether oxygens (including phenoxy) is 1. The Kier molecular flexibility index (Phi) is 5.81. The Balaban J connectivity index is 2.68. The van der Waals surface area contributed by atoms with Crippen LogP contribution in [0.1, 0.15) is 17.3 Å². The number of ketones is 1. The van der Waals surface area contributed by atoms with Crippen molar-refractivity contribution in [1.29, 1.82) is 5.26 Å². The van der Waals surface area contributed by atoms with Crippen molar-refractivity contribution in [3.63, 3.8) is 0 Å². The smallest absolute Gasteiger partial charge is 0.176 e. The van der Waals surface area contributed by atoms with Crippen molar-refractivity contribution in [1.82, 2.24) is 4.90 Å². The van der Waals surface area contributed by atoms with E-state index in [1.54, 1.807) is 18.2 Å². The van der Waals surface area contributed by atoms with Crippen LogP contribution in [0.3, 0.4) is 0 Å². The van der Waals surface area contributed by atoms with Gasteiger partial charge in [-0.15, -0.1) is 0 Å². The highest BCUT2D eigenvalue weighted by atomic mass is 35.5. The fourth-order valence-corrected chi connectivity index (χ4v) is 2.01. The maximum atomic E-state index is 12.1. The molecular weight excluding hydrogens is 264 g/mol. The Bertz CT molecular complexity index is 497. The number of methoxy groups -OCH3 is 1. The molecule has 0 aliphatic carbocycles. The van der Waals surface area contributed by atoms with Crippen LogP contribution in [0.4, 0.5) is 0 Å². The molecule has 0 bridgehead atoms. The van der Waals surface area contributed by atoms with E-state index in [4.69, 9.17) is 21.6 Å². The van der Waals surface area contributed by atoms with Crippen LogP contribution in [0.5, 0.6) is 5.75 Å². The summed E-state index contributed by atoms with van der Waals surface area (Å²) in [6.07, 6.45) is 0. The number of halogens is 1. The average molecular weight is 281 g/mol. The van der Waals surface area contributed by atoms with Crippen LogP contribution in [-0.4, -0.2) is 37.9 Å². The molecule has 5 heteroatoms. The third-order valence-corrected chi connectivity index (χ3v) is 2.99. The molecule has 0 aliphatic heterocycles. The van der Waals surface area contributed by atoms with Crippen LogP contribution in [0.2, 0.25) is 5.02 Å². The van der Waals surface area contributed by atoms with Crippen molar-refractivity contribution in [2.75, 3.05) is 27.2 Å². The van der Waals surface area contributed by atoms with Gasteiger partial charge in [0.15, 0.2) is 5.78 Å². The van der Waals surface area contributed by atoms with Crippen LogP contribution in [0.25, 0.3) is 0 Å². The van der Waals surface area contributed by atoms with Crippen LogP contribution in [0.15, 0.2) is 18.2 Å². The quantitative estimate of drug-likeness (QED) is 0.752. The molecule has 1 aromatic rings. The van der Waals surface area contributed by atoms with E-state index in [0.717, 1.165) is 0 Å². The molecule has 1 unspecified atom stereocenters. The van der Waals surface area contributed by atoms with Crippen LogP contribution in [0, 0.1) is 17.2 Å². The van der Waals surface area contributed by atoms with E-state index in [-0.39, 0.29) is 18.2 Å². The molecule has 0 N–H and O–H groups in total. The summed E-state index contributed by atoms with van der Waals surface area (Å²) >= 11 is 5.98.